The van der Waals surface area contributed by atoms with Gasteiger partial charge in [0.2, 0.25) is 0 Å². The van der Waals surface area contributed by atoms with Gasteiger partial charge in [-0.15, -0.1) is 0 Å². The molecule has 0 N–H and O–H groups in total. The van der Waals surface area contributed by atoms with E-state index in [1.165, 1.54) is 0 Å². The highest BCUT2D eigenvalue weighted by Crippen LogP contribution is 2.32. The van der Waals surface area contributed by atoms with Gasteiger partial charge >= 0.3 is 6.09 Å². The number of benzene rings is 1. The number of anilines is 1. The van der Waals surface area contributed by atoms with Crippen molar-refractivity contribution >= 4 is 11.9 Å². The molecule has 1 aromatic heterocycles. The molecule has 2 aliphatic heterocycles. The first kappa shape index (κ1) is 16.6. The van der Waals surface area contributed by atoms with Crippen molar-refractivity contribution in [3.63, 3.8) is 0 Å². The van der Waals surface area contributed by atoms with E-state index < -0.39 is 0 Å². The SMILES string of the molecule is COc1ccccc1CN1C(=O)O[C@@H]2CN(c3nc(C)cnc3C)C[C@@H]21. The predicted molar refractivity (Wildman–Crippen MR) is 96.3 cm³/mol. The molecule has 2 fully saturated rings. The summed E-state index contributed by atoms with van der Waals surface area (Å²) in [6, 6.07) is 7.74. The van der Waals surface area contributed by atoms with Crippen LogP contribution in [0.3, 0.4) is 0 Å². The van der Waals surface area contributed by atoms with E-state index in [2.05, 4.69) is 14.9 Å². The topological polar surface area (TPSA) is 67.8 Å². The van der Waals surface area contributed by atoms with E-state index in [1.807, 2.05) is 38.1 Å². The molecule has 2 aliphatic rings. The van der Waals surface area contributed by atoms with Crippen LogP contribution in [0.25, 0.3) is 0 Å². The fraction of sp³-hybridized carbons (Fsp3) is 0.421. The minimum absolute atomic E-state index is 0.00544. The minimum Gasteiger partial charge on any atom is -0.496 e. The van der Waals surface area contributed by atoms with Gasteiger partial charge in [0.1, 0.15) is 11.9 Å². The number of aryl methyl sites for hydroxylation is 2. The van der Waals surface area contributed by atoms with E-state index in [9.17, 15) is 4.79 Å². The number of fused-ring (bicyclic) bond motifs is 1. The Bertz CT molecular complexity index is 841. The molecule has 2 saturated heterocycles. The standard InChI is InChI=1S/C19H22N4O3/c1-12-8-20-13(2)18(21-12)22-10-15-17(11-22)26-19(24)23(15)9-14-6-4-5-7-16(14)25-3/h4-8,15,17H,9-11H2,1-3H3/t15-,17+/m0/s1. The first-order valence-electron chi connectivity index (χ1n) is 8.71. The van der Waals surface area contributed by atoms with E-state index in [-0.39, 0.29) is 18.2 Å². The molecule has 2 atom stereocenters. The molecule has 7 heteroatoms. The Balaban J connectivity index is 1.56. The van der Waals surface area contributed by atoms with Gasteiger partial charge in [-0.3, -0.25) is 9.88 Å². The molecule has 1 amide bonds. The number of hydrogen-bond acceptors (Lipinski definition) is 6. The molecule has 3 heterocycles. The average molecular weight is 354 g/mol. The largest absolute Gasteiger partial charge is 0.496 e. The predicted octanol–water partition coefficient (Wildman–Crippen LogP) is 2.31. The number of carbonyl (C=O) groups excluding carboxylic acids is 1. The van der Waals surface area contributed by atoms with Crippen molar-refractivity contribution in [1.82, 2.24) is 14.9 Å². The molecular formula is C19H22N4O3. The van der Waals surface area contributed by atoms with Gasteiger partial charge < -0.3 is 14.4 Å². The van der Waals surface area contributed by atoms with Crippen LogP contribution in [0.4, 0.5) is 10.6 Å². The van der Waals surface area contributed by atoms with Gasteiger partial charge in [0, 0.05) is 18.3 Å². The second-order valence-electron chi connectivity index (χ2n) is 6.75. The highest BCUT2D eigenvalue weighted by Gasteiger charge is 2.48. The zero-order valence-electron chi connectivity index (χ0n) is 15.2. The van der Waals surface area contributed by atoms with Gasteiger partial charge in [-0.1, -0.05) is 18.2 Å². The lowest BCUT2D eigenvalue weighted by atomic mass is 10.1. The number of amides is 1. The van der Waals surface area contributed by atoms with Gasteiger partial charge in [0.25, 0.3) is 0 Å². The lowest BCUT2D eigenvalue weighted by Crippen LogP contribution is -2.37. The summed E-state index contributed by atoms with van der Waals surface area (Å²) in [5.74, 6) is 1.65. The maximum atomic E-state index is 12.4. The summed E-state index contributed by atoms with van der Waals surface area (Å²) in [5, 5.41) is 0. The number of hydrogen-bond donors (Lipinski definition) is 0. The number of ether oxygens (including phenoxy) is 2. The molecule has 0 saturated carbocycles. The maximum absolute atomic E-state index is 12.4. The van der Waals surface area contributed by atoms with Gasteiger partial charge in [-0.25, -0.2) is 9.78 Å². The van der Waals surface area contributed by atoms with E-state index in [0.29, 0.717) is 19.6 Å². The lowest BCUT2D eigenvalue weighted by Gasteiger charge is -2.24. The van der Waals surface area contributed by atoms with Crippen LogP contribution in [0.15, 0.2) is 30.5 Å². The van der Waals surface area contributed by atoms with Crippen LogP contribution in [-0.2, 0) is 11.3 Å². The molecule has 0 radical (unpaired) electrons. The minimum atomic E-state index is -0.266. The number of carbonyl (C=O) groups is 1. The van der Waals surface area contributed by atoms with Crippen molar-refractivity contribution in [2.24, 2.45) is 0 Å². The molecular weight excluding hydrogens is 332 g/mol. The van der Waals surface area contributed by atoms with Gasteiger partial charge in [0.15, 0.2) is 5.82 Å². The number of aromatic nitrogens is 2. The third kappa shape index (κ3) is 2.83. The second kappa shape index (κ2) is 6.48. The van der Waals surface area contributed by atoms with Crippen molar-refractivity contribution in [3.8, 4) is 5.75 Å². The zero-order valence-corrected chi connectivity index (χ0v) is 15.2. The highest BCUT2D eigenvalue weighted by atomic mass is 16.6. The third-order valence-electron chi connectivity index (χ3n) is 5.01. The Morgan fingerprint density at radius 2 is 2.08 bits per heavy atom. The number of nitrogens with zero attached hydrogens (tertiary/aromatic N) is 4. The van der Waals surface area contributed by atoms with Crippen molar-refractivity contribution < 1.29 is 14.3 Å². The molecule has 0 spiro atoms. The number of rotatable bonds is 4. The first-order valence-corrected chi connectivity index (χ1v) is 8.71. The Morgan fingerprint density at radius 1 is 1.27 bits per heavy atom. The van der Waals surface area contributed by atoms with Gasteiger partial charge in [-0.2, -0.15) is 0 Å². The maximum Gasteiger partial charge on any atom is 0.410 e. The molecule has 1 aromatic carbocycles. The summed E-state index contributed by atoms with van der Waals surface area (Å²) in [4.78, 5) is 25.3. The molecule has 0 aliphatic carbocycles. The lowest BCUT2D eigenvalue weighted by molar-refractivity contribution is 0.135. The molecule has 4 rings (SSSR count). The molecule has 136 valence electrons. The highest BCUT2D eigenvalue weighted by molar-refractivity contribution is 5.72. The smallest absolute Gasteiger partial charge is 0.410 e. The van der Waals surface area contributed by atoms with Crippen LogP contribution in [-0.4, -0.2) is 53.3 Å². The third-order valence-corrected chi connectivity index (χ3v) is 5.01. The molecule has 26 heavy (non-hydrogen) atoms. The van der Waals surface area contributed by atoms with E-state index in [4.69, 9.17) is 9.47 Å². The zero-order chi connectivity index (χ0) is 18.3. The van der Waals surface area contributed by atoms with E-state index in [0.717, 1.165) is 28.5 Å². The summed E-state index contributed by atoms with van der Waals surface area (Å²) >= 11 is 0. The van der Waals surface area contributed by atoms with Crippen LogP contribution < -0.4 is 9.64 Å². The van der Waals surface area contributed by atoms with Crippen molar-refractivity contribution in [3.05, 3.63) is 47.4 Å². The Kier molecular flexibility index (Phi) is 4.14. The van der Waals surface area contributed by atoms with Crippen LogP contribution in [0, 0.1) is 13.8 Å². The molecule has 0 bridgehead atoms. The Labute approximate surface area is 152 Å². The summed E-state index contributed by atoms with van der Waals surface area (Å²) in [6.45, 7) is 5.67. The fourth-order valence-electron chi connectivity index (χ4n) is 3.70. The first-order chi connectivity index (χ1) is 12.6. The molecule has 2 aromatic rings. The fourth-order valence-corrected chi connectivity index (χ4v) is 3.70. The number of para-hydroxylation sites is 1. The molecule has 0 unspecified atom stereocenters. The quantitative estimate of drug-likeness (QED) is 0.839. The van der Waals surface area contributed by atoms with Crippen LogP contribution >= 0.6 is 0 Å². The monoisotopic (exact) mass is 354 g/mol. The van der Waals surface area contributed by atoms with Crippen LogP contribution in [0.1, 0.15) is 17.0 Å². The Hall–Kier alpha value is -2.83. The average Bonchev–Trinajstić information content (AvgIpc) is 3.16. The van der Waals surface area contributed by atoms with E-state index in [1.54, 1.807) is 18.2 Å². The Morgan fingerprint density at radius 3 is 2.88 bits per heavy atom. The summed E-state index contributed by atoms with van der Waals surface area (Å²) in [6.07, 6.45) is 1.35. The van der Waals surface area contributed by atoms with Crippen molar-refractivity contribution in [2.75, 3.05) is 25.1 Å². The van der Waals surface area contributed by atoms with Crippen molar-refractivity contribution in [1.29, 1.82) is 0 Å². The summed E-state index contributed by atoms with van der Waals surface area (Å²) in [5.41, 5.74) is 2.74. The summed E-state index contributed by atoms with van der Waals surface area (Å²) in [7, 11) is 1.64. The second-order valence-corrected chi connectivity index (χ2v) is 6.75. The summed E-state index contributed by atoms with van der Waals surface area (Å²) < 4.78 is 11.0. The van der Waals surface area contributed by atoms with E-state index >= 15 is 0 Å². The van der Waals surface area contributed by atoms with Crippen molar-refractivity contribution in [2.45, 2.75) is 32.5 Å². The van der Waals surface area contributed by atoms with Crippen LogP contribution in [0.5, 0.6) is 5.75 Å². The molecule has 7 nitrogen and oxygen atoms in total. The van der Waals surface area contributed by atoms with Gasteiger partial charge in [0.05, 0.1) is 37.6 Å². The number of methoxy groups -OCH3 is 1. The van der Waals surface area contributed by atoms with Gasteiger partial charge in [-0.05, 0) is 19.9 Å². The normalized spacial score (nSPS) is 21.7. The van der Waals surface area contributed by atoms with Crippen LogP contribution in [0.2, 0.25) is 0 Å².